The third kappa shape index (κ3) is 6.76. The number of ether oxygens (including phenoxy) is 2. The monoisotopic (exact) mass is 540 g/mol. The Labute approximate surface area is 223 Å². The minimum Gasteiger partial charge on any atom is -0.469 e. The summed E-state index contributed by atoms with van der Waals surface area (Å²) in [6.07, 6.45) is -0.940. The summed E-state index contributed by atoms with van der Waals surface area (Å²) in [6, 6.07) is 14.6. The van der Waals surface area contributed by atoms with Crippen LogP contribution in [0.3, 0.4) is 0 Å². The maximum atomic E-state index is 13.4. The minimum atomic E-state index is -4.85. The number of nitrogens with one attached hydrogen (secondary N) is 1. The second-order valence-electron chi connectivity index (χ2n) is 9.57. The van der Waals surface area contributed by atoms with Crippen molar-refractivity contribution < 1.29 is 32.2 Å². The van der Waals surface area contributed by atoms with Gasteiger partial charge < -0.3 is 19.4 Å². The first-order valence-corrected chi connectivity index (χ1v) is 12.3. The molecule has 1 N–H and O–H groups in total. The van der Waals surface area contributed by atoms with E-state index in [1.165, 1.54) is 31.6 Å². The van der Waals surface area contributed by atoms with Crippen molar-refractivity contribution in [3.8, 4) is 11.8 Å². The molecular formula is C28H27F3N4O4. The number of hydrogen-bond donors (Lipinski definition) is 1. The van der Waals surface area contributed by atoms with Crippen molar-refractivity contribution in [2.24, 2.45) is 11.3 Å². The van der Waals surface area contributed by atoms with Crippen LogP contribution in [-0.4, -0.2) is 53.3 Å². The van der Waals surface area contributed by atoms with Gasteiger partial charge in [-0.05, 0) is 60.6 Å². The number of hydrogen-bond acceptors (Lipinski definition) is 6. The van der Waals surface area contributed by atoms with Crippen molar-refractivity contribution in [1.29, 1.82) is 5.26 Å². The number of amides is 1. The highest BCUT2D eigenvalue weighted by Gasteiger charge is 2.50. The number of H-pyrrole nitrogens is 1. The van der Waals surface area contributed by atoms with Gasteiger partial charge in [0.1, 0.15) is 5.75 Å². The Kier molecular flexibility index (Phi) is 8.24. The van der Waals surface area contributed by atoms with Gasteiger partial charge in [0.15, 0.2) is 0 Å². The fourth-order valence-electron chi connectivity index (χ4n) is 5.21. The van der Waals surface area contributed by atoms with Crippen LogP contribution in [0.1, 0.15) is 28.8 Å². The van der Waals surface area contributed by atoms with E-state index in [9.17, 15) is 22.8 Å². The van der Waals surface area contributed by atoms with Crippen LogP contribution in [0, 0.1) is 22.7 Å². The molecule has 0 spiro atoms. The summed E-state index contributed by atoms with van der Waals surface area (Å²) in [4.78, 5) is 35.1. The molecule has 1 aliphatic rings. The number of piperidine rings is 1. The number of likely N-dealkylation sites (tertiary alicyclic amines) is 1. The van der Waals surface area contributed by atoms with Crippen molar-refractivity contribution in [3.05, 3.63) is 83.4 Å². The molecule has 11 heteroatoms. The zero-order chi connectivity index (χ0) is 28.0. The zero-order valence-electron chi connectivity index (χ0n) is 21.2. The van der Waals surface area contributed by atoms with Crippen LogP contribution < -0.4 is 4.74 Å². The molecule has 1 fully saturated rings. The fourth-order valence-corrected chi connectivity index (χ4v) is 5.21. The topological polar surface area (TPSA) is 108 Å². The van der Waals surface area contributed by atoms with Crippen molar-refractivity contribution in [3.63, 3.8) is 0 Å². The lowest BCUT2D eigenvalue weighted by molar-refractivity contribution is -0.274. The molecule has 1 aliphatic heterocycles. The number of carbonyl (C=O) groups is 2. The van der Waals surface area contributed by atoms with Gasteiger partial charge in [-0.2, -0.15) is 5.26 Å². The third-order valence-electron chi connectivity index (χ3n) is 7.11. The van der Waals surface area contributed by atoms with Gasteiger partial charge in [-0.3, -0.25) is 9.59 Å². The lowest BCUT2D eigenvalue weighted by Crippen LogP contribution is -2.55. The zero-order valence-corrected chi connectivity index (χ0v) is 21.2. The van der Waals surface area contributed by atoms with Gasteiger partial charge in [0.05, 0.1) is 36.9 Å². The molecule has 0 radical (unpaired) electrons. The number of methoxy groups -OCH3 is 1. The Balaban J connectivity index is 1.67. The number of halogens is 3. The van der Waals surface area contributed by atoms with E-state index in [1.807, 2.05) is 0 Å². The molecule has 2 unspecified atom stereocenters. The van der Waals surface area contributed by atoms with Crippen molar-refractivity contribution >= 4 is 11.9 Å². The molecule has 4 rings (SSSR count). The van der Waals surface area contributed by atoms with E-state index in [1.54, 1.807) is 41.4 Å². The molecule has 1 saturated heterocycles. The van der Waals surface area contributed by atoms with E-state index in [2.05, 4.69) is 20.8 Å². The molecule has 0 bridgehead atoms. The first kappa shape index (κ1) is 27.7. The number of aromatic amines is 1. The lowest BCUT2D eigenvalue weighted by Gasteiger charge is -2.46. The van der Waals surface area contributed by atoms with E-state index in [0.29, 0.717) is 23.2 Å². The number of benzene rings is 2. The summed E-state index contributed by atoms with van der Waals surface area (Å²) in [6.45, 7) is 0.505. The molecule has 0 aliphatic carbocycles. The fraction of sp³-hybridized carbons (Fsp3) is 0.357. The van der Waals surface area contributed by atoms with Gasteiger partial charge in [-0.15, -0.1) is 13.2 Å². The SMILES string of the molecule is COC(=O)C1(Cc2cccc(OC(F)(F)F)c2)CCN(C(=O)Cc2cnc[nH]2)CC1Cc1ccc(C#N)cc1. The van der Waals surface area contributed by atoms with Crippen LogP contribution in [-0.2, 0) is 33.6 Å². The predicted octanol–water partition coefficient (Wildman–Crippen LogP) is 4.22. The molecule has 8 nitrogen and oxygen atoms in total. The summed E-state index contributed by atoms with van der Waals surface area (Å²) in [7, 11) is 1.28. The van der Waals surface area contributed by atoms with Crippen LogP contribution in [0.15, 0.2) is 61.1 Å². The summed E-state index contributed by atoms with van der Waals surface area (Å²) in [5.41, 5.74) is 1.35. The number of nitriles is 1. The van der Waals surface area contributed by atoms with Crippen LogP contribution in [0.5, 0.6) is 5.75 Å². The summed E-state index contributed by atoms with van der Waals surface area (Å²) in [5.74, 6) is -1.44. The Morgan fingerprint density at radius 2 is 1.97 bits per heavy atom. The van der Waals surface area contributed by atoms with E-state index in [4.69, 9.17) is 10.00 Å². The number of alkyl halides is 3. The molecule has 204 valence electrons. The predicted molar refractivity (Wildman–Crippen MR) is 133 cm³/mol. The van der Waals surface area contributed by atoms with Gasteiger partial charge >= 0.3 is 12.3 Å². The standard InChI is InChI=1S/C28H27F3N4O4/c1-38-26(37)27(14-21-3-2-4-24(12-21)39-28(29,30)31)9-10-35(25(36)13-23-16-33-18-34-23)17-22(27)11-19-5-7-20(15-32)8-6-19/h2-8,12,16,18,22H,9-11,13-14,17H2,1H3,(H,33,34). The van der Waals surface area contributed by atoms with E-state index in [-0.39, 0.29) is 44.0 Å². The summed E-state index contributed by atoms with van der Waals surface area (Å²) in [5, 5.41) is 9.15. The number of carbonyl (C=O) groups excluding carboxylic acids is 2. The highest BCUT2D eigenvalue weighted by Crippen LogP contribution is 2.43. The highest BCUT2D eigenvalue weighted by molar-refractivity contribution is 5.81. The molecule has 0 saturated carbocycles. The van der Waals surface area contributed by atoms with Crippen LogP contribution in [0.25, 0.3) is 0 Å². The van der Waals surface area contributed by atoms with Gasteiger partial charge in [-0.1, -0.05) is 24.3 Å². The second kappa shape index (κ2) is 11.6. The third-order valence-corrected chi connectivity index (χ3v) is 7.11. The molecule has 2 aromatic carbocycles. The van der Waals surface area contributed by atoms with Crippen LogP contribution in [0.2, 0.25) is 0 Å². The second-order valence-corrected chi connectivity index (χ2v) is 9.57. The minimum absolute atomic E-state index is 0.0955. The Bertz CT molecular complexity index is 1340. The van der Waals surface area contributed by atoms with Crippen molar-refractivity contribution in [1.82, 2.24) is 14.9 Å². The van der Waals surface area contributed by atoms with Gasteiger partial charge in [0.2, 0.25) is 5.91 Å². The first-order valence-electron chi connectivity index (χ1n) is 12.3. The maximum absolute atomic E-state index is 13.4. The van der Waals surface area contributed by atoms with E-state index >= 15 is 0 Å². The van der Waals surface area contributed by atoms with E-state index in [0.717, 1.165) is 5.56 Å². The molecular weight excluding hydrogens is 513 g/mol. The maximum Gasteiger partial charge on any atom is 0.573 e. The molecule has 3 aromatic rings. The van der Waals surface area contributed by atoms with Crippen molar-refractivity contribution in [2.75, 3.05) is 20.2 Å². The number of rotatable bonds is 8. The van der Waals surface area contributed by atoms with Crippen LogP contribution >= 0.6 is 0 Å². The van der Waals surface area contributed by atoms with Gasteiger partial charge in [0, 0.05) is 25.0 Å². The number of nitrogens with zero attached hydrogens (tertiary/aromatic N) is 3. The Morgan fingerprint density at radius 3 is 2.62 bits per heavy atom. The van der Waals surface area contributed by atoms with Crippen molar-refractivity contribution in [2.45, 2.75) is 32.0 Å². The molecule has 2 heterocycles. The number of imidazole rings is 1. The average Bonchev–Trinajstić information content (AvgIpc) is 3.42. The Hall–Kier alpha value is -4.33. The first-order chi connectivity index (χ1) is 18.6. The summed E-state index contributed by atoms with van der Waals surface area (Å²) < 4.78 is 47.9. The van der Waals surface area contributed by atoms with Crippen LogP contribution in [0.4, 0.5) is 13.2 Å². The summed E-state index contributed by atoms with van der Waals surface area (Å²) >= 11 is 0. The largest absolute Gasteiger partial charge is 0.573 e. The lowest BCUT2D eigenvalue weighted by atomic mass is 9.64. The molecule has 39 heavy (non-hydrogen) atoms. The Morgan fingerprint density at radius 1 is 1.21 bits per heavy atom. The smallest absolute Gasteiger partial charge is 0.469 e. The quantitative estimate of drug-likeness (QED) is 0.429. The average molecular weight is 541 g/mol. The molecule has 1 amide bonds. The normalized spacial score (nSPS) is 19.3. The highest BCUT2D eigenvalue weighted by atomic mass is 19.4. The van der Waals surface area contributed by atoms with Gasteiger partial charge in [-0.25, -0.2) is 4.98 Å². The number of esters is 1. The number of aromatic nitrogens is 2. The van der Waals surface area contributed by atoms with E-state index < -0.39 is 23.7 Å². The molecule has 2 atom stereocenters. The molecule has 1 aromatic heterocycles. The van der Waals surface area contributed by atoms with Gasteiger partial charge in [0.25, 0.3) is 0 Å².